The Morgan fingerprint density at radius 2 is 1.72 bits per heavy atom. The first-order valence-electron chi connectivity index (χ1n) is 9.09. The maximum atomic E-state index is 13.6. The van der Waals surface area contributed by atoms with Crippen molar-refractivity contribution >= 4 is 5.91 Å². The van der Waals surface area contributed by atoms with Gasteiger partial charge in [-0.25, -0.2) is 8.78 Å². The van der Waals surface area contributed by atoms with Gasteiger partial charge in [-0.1, -0.05) is 31.2 Å². The normalized spacial score (nSPS) is 13.8. The molecule has 2 rings (SSSR count). The number of halogens is 5. The molecular formula is C21H22F5NO2. The average molecular weight is 415 g/mol. The Bertz CT molecular complexity index is 807. The van der Waals surface area contributed by atoms with Gasteiger partial charge < -0.3 is 9.64 Å². The van der Waals surface area contributed by atoms with Crippen molar-refractivity contribution in [3.05, 3.63) is 71.3 Å². The number of amides is 1. The van der Waals surface area contributed by atoms with E-state index in [1.807, 2.05) is 0 Å². The van der Waals surface area contributed by atoms with Crippen molar-refractivity contribution in [3.63, 3.8) is 0 Å². The molecule has 0 saturated carbocycles. The van der Waals surface area contributed by atoms with E-state index in [-0.39, 0.29) is 6.54 Å². The predicted octanol–water partition coefficient (Wildman–Crippen LogP) is 5.41. The van der Waals surface area contributed by atoms with Gasteiger partial charge in [0, 0.05) is 6.54 Å². The number of carbonyl (C=O) groups is 1. The van der Waals surface area contributed by atoms with Gasteiger partial charge in [0.2, 0.25) is 0 Å². The quantitative estimate of drug-likeness (QED) is 0.540. The highest BCUT2D eigenvalue weighted by Crippen LogP contribution is 2.28. The number of hydrogen-bond acceptors (Lipinski definition) is 2. The first-order valence-corrected chi connectivity index (χ1v) is 9.09. The highest BCUT2D eigenvalue weighted by Gasteiger charge is 2.33. The molecule has 0 saturated heterocycles. The molecule has 2 unspecified atom stereocenters. The summed E-state index contributed by atoms with van der Waals surface area (Å²) in [6.07, 6.45) is -5.51. The third-order valence-corrected chi connectivity index (χ3v) is 4.39. The number of rotatable bonds is 8. The summed E-state index contributed by atoms with van der Waals surface area (Å²) in [5.41, 5.74) is 1.09. The summed E-state index contributed by atoms with van der Waals surface area (Å²) >= 11 is 0. The Hall–Kier alpha value is -2.48. The van der Waals surface area contributed by atoms with Gasteiger partial charge in [0.15, 0.2) is 0 Å². The summed E-state index contributed by atoms with van der Waals surface area (Å²) < 4.78 is 69.0. The molecule has 0 bridgehead atoms. The Kier molecular flexibility index (Phi) is 7.73. The predicted molar refractivity (Wildman–Crippen MR) is 97.9 cm³/mol. The van der Waals surface area contributed by atoms with Crippen LogP contribution in [0.1, 0.15) is 37.4 Å². The highest BCUT2D eigenvalue weighted by atomic mass is 19.4. The fraction of sp³-hybridized carbons (Fsp3) is 0.381. The van der Waals surface area contributed by atoms with Gasteiger partial charge in [0.05, 0.1) is 6.04 Å². The van der Waals surface area contributed by atoms with E-state index in [9.17, 15) is 26.7 Å². The Labute approximate surface area is 166 Å². The van der Waals surface area contributed by atoms with Gasteiger partial charge in [-0.15, -0.1) is 0 Å². The zero-order chi connectivity index (χ0) is 21.6. The number of carbonyl (C=O) groups excluding carboxylic acids is 1. The van der Waals surface area contributed by atoms with Crippen molar-refractivity contribution in [3.8, 4) is 0 Å². The summed E-state index contributed by atoms with van der Waals surface area (Å²) in [7, 11) is 0. The minimum atomic E-state index is -4.57. The molecule has 158 valence electrons. The lowest BCUT2D eigenvalue weighted by Gasteiger charge is -2.34. The zero-order valence-corrected chi connectivity index (χ0v) is 16.0. The van der Waals surface area contributed by atoms with Crippen LogP contribution in [-0.2, 0) is 16.1 Å². The lowest BCUT2D eigenvalue weighted by Crippen LogP contribution is -2.42. The maximum absolute atomic E-state index is 13.6. The molecule has 2 aromatic carbocycles. The molecule has 0 aromatic heterocycles. The van der Waals surface area contributed by atoms with Crippen LogP contribution < -0.4 is 0 Å². The maximum Gasteiger partial charge on any atom is 0.411 e. The lowest BCUT2D eigenvalue weighted by molar-refractivity contribution is -0.189. The van der Waals surface area contributed by atoms with E-state index in [0.29, 0.717) is 17.5 Å². The van der Waals surface area contributed by atoms with E-state index in [1.54, 1.807) is 13.0 Å². The monoisotopic (exact) mass is 415 g/mol. The molecule has 8 heteroatoms. The summed E-state index contributed by atoms with van der Waals surface area (Å²) in [6.45, 7) is 1.44. The summed E-state index contributed by atoms with van der Waals surface area (Å²) in [6, 6.07) is 10.5. The van der Waals surface area contributed by atoms with Crippen LogP contribution in [0.4, 0.5) is 22.0 Å². The van der Waals surface area contributed by atoms with Crippen LogP contribution in [0.15, 0.2) is 48.5 Å². The first-order chi connectivity index (χ1) is 13.6. The third kappa shape index (κ3) is 6.81. The molecule has 29 heavy (non-hydrogen) atoms. The second kappa shape index (κ2) is 9.82. The minimum Gasteiger partial charge on any atom is -0.359 e. The summed E-state index contributed by atoms with van der Waals surface area (Å²) in [5.74, 6) is -1.62. The molecule has 2 atom stereocenters. The van der Waals surface area contributed by atoms with Gasteiger partial charge in [-0.05, 0) is 48.7 Å². The largest absolute Gasteiger partial charge is 0.411 e. The van der Waals surface area contributed by atoms with Crippen LogP contribution in [0.2, 0.25) is 0 Å². The smallest absolute Gasteiger partial charge is 0.359 e. The SMILES string of the molecule is CCC(c1ccc(F)cc1)N(Cc1cccc(F)c1)C(=O)C(C)OCC(F)(F)F. The number of benzene rings is 2. The van der Waals surface area contributed by atoms with E-state index < -0.39 is 42.5 Å². The number of ether oxygens (including phenoxy) is 1. The van der Waals surface area contributed by atoms with E-state index in [2.05, 4.69) is 0 Å². The molecule has 0 aliphatic carbocycles. The van der Waals surface area contributed by atoms with Gasteiger partial charge in [0.1, 0.15) is 24.3 Å². The first kappa shape index (κ1) is 22.8. The number of alkyl halides is 3. The van der Waals surface area contributed by atoms with Gasteiger partial charge in [0.25, 0.3) is 5.91 Å². The van der Waals surface area contributed by atoms with Crippen LogP contribution >= 0.6 is 0 Å². The van der Waals surface area contributed by atoms with Crippen LogP contribution in [0, 0.1) is 11.6 Å². The van der Waals surface area contributed by atoms with E-state index in [4.69, 9.17) is 4.74 Å². The topological polar surface area (TPSA) is 29.5 Å². The zero-order valence-electron chi connectivity index (χ0n) is 16.0. The van der Waals surface area contributed by atoms with Crippen LogP contribution in [0.3, 0.4) is 0 Å². The summed E-state index contributed by atoms with van der Waals surface area (Å²) in [5, 5.41) is 0. The summed E-state index contributed by atoms with van der Waals surface area (Å²) in [4.78, 5) is 14.3. The van der Waals surface area contributed by atoms with Crippen molar-refractivity contribution in [1.82, 2.24) is 4.90 Å². The Morgan fingerprint density at radius 1 is 1.07 bits per heavy atom. The Morgan fingerprint density at radius 3 is 2.28 bits per heavy atom. The van der Waals surface area contributed by atoms with Crippen molar-refractivity contribution in [2.45, 2.75) is 45.1 Å². The molecule has 0 aliphatic heterocycles. The van der Waals surface area contributed by atoms with Gasteiger partial charge in [-0.2, -0.15) is 13.2 Å². The molecule has 0 N–H and O–H groups in total. The lowest BCUT2D eigenvalue weighted by atomic mass is 10.0. The molecule has 0 heterocycles. The Balaban J connectivity index is 2.32. The van der Waals surface area contributed by atoms with Crippen molar-refractivity contribution in [2.75, 3.05) is 6.61 Å². The van der Waals surface area contributed by atoms with Crippen molar-refractivity contribution in [1.29, 1.82) is 0 Å². The van der Waals surface area contributed by atoms with Gasteiger partial charge in [-0.3, -0.25) is 4.79 Å². The fourth-order valence-electron chi connectivity index (χ4n) is 3.02. The molecule has 0 radical (unpaired) electrons. The third-order valence-electron chi connectivity index (χ3n) is 4.39. The van der Waals surface area contributed by atoms with Crippen molar-refractivity contribution < 1.29 is 31.5 Å². The average Bonchev–Trinajstić information content (AvgIpc) is 2.66. The van der Waals surface area contributed by atoms with E-state index >= 15 is 0 Å². The van der Waals surface area contributed by atoms with Crippen LogP contribution in [0.5, 0.6) is 0 Å². The number of nitrogens with zero attached hydrogens (tertiary/aromatic N) is 1. The molecule has 0 aliphatic rings. The molecular weight excluding hydrogens is 393 g/mol. The highest BCUT2D eigenvalue weighted by molar-refractivity contribution is 5.81. The molecule has 1 amide bonds. The fourth-order valence-corrected chi connectivity index (χ4v) is 3.02. The second-order valence-electron chi connectivity index (χ2n) is 6.64. The standard InChI is InChI=1S/C21H22F5NO2/c1-3-19(16-7-9-17(22)10-8-16)27(12-15-5-4-6-18(23)11-15)20(28)14(2)29-13-21(24,25)26/h4-11,14,19H,3,12-13H2,1-2H3. The molecule has 3 nitrogen and oxygen atoms in total. The van der Waals surface area contributed by atoms with Crippen LogP contribution in [0.25, 0.3) is 0 Å². The van der Waals surface area contributed by atoms with Crippen LogP contribution in [-0.4, -0.2) is 29.7 Å². The van der Waals surface area contributed by atoms with E-state index in [0.717, 1.165) is 0 Å². The molecule has 2 aromatic rings. The molecule has 0 fully saturated rings. The van der Waals surface area contributed by atoms with Gasteiger partial charge >= 0.3 is 6.18 Å². The van der Waals surface area contributed by atoms with Crippen molar-refractivity contribution in [2.24, 2.45) is 0 Å². The minimum absolute atomic E-state index is 0.0355. The second-order valence-corrected chi connectivity index (χ2v) is 6.64. The van der Waals surface area contributed by atoms with E-state index in [1.165, 1.54) is 54.3 Å². The molecule has 0 spiro atoms. The number of hydrogen-bond donors (Lipinski definition) is 0.